The molecule has 2 heterocycles. The molecular weight excluding hydrogens is 479 g/mol. The summed E-state index contributed by atoms with van der Waals surface area (Å²) in [5.74, 6) is -2.60. The van der Waals surface area contributed by atoms with Crippen LogP contribution in [0.15, 0.2) is 47.4 Å². The number of carbonyl (C=O) groups excluding carboxylic acids is 2. The monoisotopic (exact) mass is 506 g/mol. The van der Waals surface area contributed by atoms with Crippen LogP contribution in [0.5, 0.6) is 5.75 Å². The number of hydrogen-bond donors (Lipinski definition) is 2. The maximum Gasteiger partial charge on any atom is 0.487 e. The molecule has 4 atom stereocenters. The third-order valence-corrected chi connectivity index (χ3v) is 7.71. The Labute approximate surface area is 213 Å². The largest absolute Gasteiger partial charge is 0.507 e. The molecule has 37 heavy (non-hydrogen) atoms. The normalized spacial score (nSPS) is 25.4. The number of imide groups is 1. The molecule has 3 aliphatic rings. The highest BCUT2D eigenvalue weighted by atomic mass is 16.6. The zero-order valence-electron chi connectivity index (χ0n) is 20.7. The van der Waals surface area contributed by atoms with Gasteiger partial charge in [-0.05, 0) is 78.5 Å². The van der Waals surface area contributed by atoms with E-state index in [4.69, 9.17) is 9.39 Å². The summed E-state index contributed by atoms with van der Waals surface area (Å²) in [6, 6.07) is 9.07. The number of ether oxygens (including phenoxy) is 1. The number of fused-ring (bicyclic) bond motifs is 3. The highest BCUT2D eigenvalue weighted by Gasteiger charge is 2.58. The minimum Gasteiger partial charge on any atom is -0.507 e. The summed E-state index contributed by atoms with van der Waals surface area (Å²) >= 11 is 0. The van der Waals surface area contributed by atoms with Crippen molar-refractivity contribution in [3.05, 3.63) is 74.2 Å². The lowest BCUT2D eigenvalue weighted by Crippen LogP contribution is -2.45. The number of aryl methyl sites for hydroxylation is 2. The highest BCUT2D eigenvalue weighted by Crippen LogP contribution is 2.52. The summed E-state index contributed by atoms with van der Waals surface area (Å²) in [4.78, 5) is 39.1. The Balaban J connectivity index is 1.55. The third kappa shape index (κ3) is 4.13. The Morgan fingerprint density at radius 3 is 2.51 bits per heavy atom. The minimum absolute atomic E-state index is 0.155. The summed E-state index contributed by atoms with van der Waals surface area (Å²) in [6.45, 7) is 3.73. The van der Waals surface area contributed by atoms with Gasteiger partial charge in [0.05, 0.1) is 35.2 Å². The van der Waals surface area contributed by atoms with E-state index < -0.39 is 47.7 Å². The lowest BCUT2D eigenvalue weighted by atomic mass is 9.55. The van der Waals surface area contributed by atoms with Gasteiger partial charge >= 0.3 is 7.12 Å². The summed E-state index contributed by atoms with van der Waals surface area (Å²) in [5, 5.41) is 32.6. The molecule has 10 nitrogen and oxygen atoms in total. The van der Waals surface area contributed by atoms with Crippen LogP contribution in [0.3, 0.4) is 0 Å². The van der Waals surface area contributed by atoms with Gasteiger partial charge in [0.2, 0.25) is 11.8 Å². The molecule has 2 aromatic rings. The molecule has 2 amide bonds. The molecule has 0 unspecified atom stereocenters. The van der Waals surface area contributed by atoms with Gasteiger partial charge in [0, 0.05) is 19.2 Å². The third-order valence-electron chi connectivity index (χ3n) is 7.71. The van der Waals surface area contributed by atoms with Crippen molar-refractivity contribution in [2.45, 2.75) is 32.8 Å². The maximum absolute atomic E-state index is 13.8. The number of hydrogen-bond acceptors (Lipinski definition) is 8. The second-order valence-corrected chi connectivity index (χ2v) is 9.94. The molecule has 5 rings (SSSR count). The number of benzene rings is 2. The van der Waals surface area contributed by atoms with Crippen molar-refractivity contribution in [1.29, 1.82) is 0 Å². The first-order chi connectivity index (χ1) is 17.6. The van der Waals surface area contributed by atoms with Crippen LogP contribution in [0.1, 0.15) is 35.6 Å². The summed E-state index contributed by atoms with van der Waals surface area (Å²) < 4.78 is 11.4. The number of nitro groups is 1. The number of carbonyl (C=O) groups is 2. The molecule has 0 radical (unpaired) electrons. The Bertz CT molecular complexity index is 1320. The van der Waals surface area contributed by atoms with Crippen molar-refractivity contribution in [2.75, 3.05) is 18.6 Å². The lowest BCUT2D eigenvalue weighted by molar-refractivity contribution is -0.384. The predicted molar refractivity (Wildman–Crippen MR) is 134 cm³/mol. The van der Waals surface area contributed by atoms with Crippen molar-refractivity contribution in [1.82, 2.24) is 0 Å². The van der Waals surface area contributed by atoms with Gasteiger partial charge in [-0.3, -0.25) is 19.7 Å². The highest BCUT2D eigenvalue weighted by molar-refractivity contribution is 6.53. The number of phenolic OH excluding ortho intramolecular Hbond substituents is 1. The first kappa shape index (κ1) is 25.1. The number of non-ortho nitro benzene ring substituents is 1. The first-order valence-electron chi connectivity index (χ1n) is 12.1. The number of methoxy groups -OCH3 is 1. The van der Waals surface area contributed by atoms with E-state index >= 15 is 0 Å². The minimum atomic E-state index is -1.29. The van der Waals surface area contributed by atoms with Crippen LogP contribution in [0.25, 0.3) is 0 Å². The molecular formula is C26H27BN2O8. The van der Waals surface area contributed by atoms with Crippen molar-refractivity contribution in [2.24, 2.45) is 17.8 Å². The van der Waals surface area contributed by atoms with Gasteiger partial charge in [-0.1, -0.05) is 6.07 Å². The Kier molecular flexibility index (Phi) is 6.39. The van der Waals surface area contributed by atoms with Gasteiger partial charge < -0.3 is 19.5 Å². The number of nitrogens with zero attached hydrogens (tertiary/aromatic N) is 2. The van der Waals surface area contributed by atoms with Gasteiger partial charge in [0.25, 0.3) is 5.69 Å². The van der Waals surface area contributed by atoms with E-state index in [1.807, 2.05) is 0 Å². The van der Waals surface area contributed by atoms with Crippen molar-refractivity contribution in [3.8, 4) is 5.75 Å². The summed E-state index contributed by atoms with van der Waals surface area (Å²) in [6.07, 6.45) is -0.00575. The number of anilines is 1. The van der Waals surface area contributed by atoms with Crippen molar-refractivity contribution >= 4 is 30.3 Å². The van der Waals surface area contributed by atoms with E-state index in [0.717, 1.165) is 16.0 Å². The average Bonchev–Trinajstić information content (AvgIpc) is 3.11. The fourth-order valence-electron chi connectivity index (χ4n) is 6.11. The standard InChI is InChI=1S/C26H27BN2O8/c1-13-7-15(8-14(2)24(13)30)21-11-19-22-20(9-16(12-36-3)23(19)27(33)37-21)25(31)28(26(22)32)17-5-4-6-18(10-17)29(34)35/h4-8,10,19-22,30,33H,9,11-12H2,1-3H3/t19-,20-,21-,22+/m0/s1. The Hall–Kier alpha value is -3.54. The lowest BCUT2D eigenvalue weighted by Gasteiger charge is -2.42. The molecule has 0 aromatic heterocycles. The molecule has 0 saturated carbocycles. The zero-order valence-corrected chi connectivity index (χ0v) is 20.7. The van der Waals surface area contributed by atoms with Gasteiger partial charge in [0.1, 0.15) is 5.75 Å². The molecule has 2 N–H and O–H groups in total. The van der Waals surface area contributed by atoms with Gasteiger partial charge in [-0.15, -0.1) is 0 Å². The molecule has 0 bridgehead atoms. The van der Waals surface area contributed by atoms with E-state index in [1.165, 1.54) is 31.4 Å². The second kappa shape index (κ2) is 9.40. The zero-order chi connectivity index (χ0) is 26.6. The molecule has 2 fully saturated rings. The Morgan fingerprint density at radius 2 is 1.86 bits per heavy atom. The average molecular weight is 506 g/mol. The van der Waals surface area contributed by atoms with Crippen LogP contribution in [-0.4, -0.2) is 47.7 Å². The number of phenols is 1. The smallest absolute Gasteiger partial charge is 0.487 e. The Morgan fingerprint density at radius 1 is 1.16 bits per heavy atom. The molecule has 2 aliphatic heterocycles. The van der Waals surface area contributed by atoms with Gasteiger partial charge in [0.15, 0.2) is 0 Å². The summed E-state index contributed by atoms with van der Waals surface area (Å²) in [7, 11) is 0.228. The number of aromatic hydroxyl groups is 1. The van der Waals surface area contributed by atoms with E-state index in [0.29, 0.717) is 23.0 Å². The predicted octanol–water partition coefficient (Wildman–Crippen LogP) is 3.17. The topological polar surface area (TPSA) is 139 Å². The molecule has 1 aliphatic carbocycles. The van der Waals surface area contributed by atoms with E-state index in [9.17, 15) is 29.8 Å². The number of amides is 2. The molecule has 2 saturated heterocycles. The van der Waals surface area contributed by atoms with Crippen LogP contribution in [0.4, 0.5) is 11.4 Å². The molecule has 0 spiro atoms. The summed E-state index contributed by atoms with van der Waals surface area (Å²) in [5.41, 5.74) is 3.32. The second-order valence-electron chi connectivity index (χ2n) is 9.94. The van der Waals surface area contributed by atoms with E-state index in [2.05, 4.69) is 0 Å². The first-order valence-corrected chi connectivity index (χ1v) is 12.1. The van der Waals surface area contributed by atoms with Crippen molar-refractivity contribution in [3.63, 3.8) is 0 Å². The molecule has 11 heteroatoms. The SMILES string of the molecule is COCC1=C2B(O)O[C@H](c3cc(C)c(O)c(C)c3)C[C@H]2[C@H]2C(=O)N(c3cccc([N+](=O)[O-])c3)C(=O)[C@H]2C1. The number of rotatable bonds is 5. The van der Waals surface area contributed by atoms with Crippen LogP contribution in [0, 0.1) is 41.7 Å². The van der Waals surface area contributed by atoms with Crippen LogP contribution >= 0.6 is 0 Å². The molecule has 192 valence electrons. The maximum atomic E-state index is 13.8. The fraction of sp³-hybridized carbons (Fsp3) is 0.385. The number of nitro benzene ring substituents is 1. The van der Waals surface area contributed by atoms with E-state index in [1.54, 1.807) is 26.0 Å². The number of allylic oxidation sites excluding steroid dienone is 1. The van der Waals surface area contributed by atoms with Gasteiger partial charge in [-0.25, -0.2) is 4.90 Å². The van der Waals surface area contributed by atoms with E-state index in [-0.39, 0.29) is 30.2 Å². The quantitative estimate of drug-likeness (QED) is 0.273. The van der Waals surface area contributed by atoms with Crippen LogP contribution < -0.4 is 4.90 Å². The fourth-order valence-corrected chi connectivity index (χ4v) is 6.11. The van der Waals surface area contributed by atoms with Gasteiger partial charge in [-0.2, -0.15) is 0 Å². The van der Waals surface area contributed by atoms with Crippen molar-refractivity contribution < 1.29 is 34.0 Å². The van der Waals surface area contributed by atoms with Crippen LogP contribution in [0.2, 0.25) is 0 Å². The molecule has 2 aromatic carbocycles. The van der Waals surface area contributed by atoms with Crippen LogP contribution in [-0.2, 0) is 19.0 Å².